The summed E-state index contributed by atoms with van der Waals surface area (Å²) < 4.78 is 14.1. The molecule has 33 heavy (non-hydrogen) atoms. The van der Waals surface area contributed by atoms with Crippen LogP contribution in [0, 0.1) is 0 Å². The second-order valence-corrected chi connectivity index (χ2v) is 15.4. The van der Waals surface area contributed by atoms with Gasteiger partial charge in [-0.25, -0.2) is 0 Å². The molecule has 0 N–H and O–H groups in total. The fourth-order valence-corrected chi connectivity index (χ4v) is 4.87. The molecule has 5 heteroatoms. The summed E-state index contributed by atoms with van der Waals surface area (Å²) in [6.07, 6.45) is 2.38. The molecule has 0 aliphatic heterocycles. The summed E-state index contributed by atoms with van der Waals surface area (Å²) >= 11 is 0. The van der Waals surface area contributed by atoms with Crippen molar-refractivity contribution in [2.24, 2.45) is 0 Å². The van der Waals surface area contributed by atoms with Crippen LogP contribution < -0.4 is 4.43 Å². The fraction of sp³-hybridized carbons (Fsp3) is 0.464. The number of benzene rings is 2. The van der Waals surface area contributed by atoms with Crippen LogP contribution in [0.1, 0.15) is 64.2 Å². The van der Waals surface area contributed by atoms with E-state index in [1.165, 1.54) is 11.1 Å². The Kier molecular flexibility index (Phi) is 7.42. The minimum absolute atomic E-state index is 0.152. The SMILES string of the molecule is CCOC(=O)Cc1cn(Cc2ccc(O[Si](C)(C)C(C)(C)C)c(C(C)C)c2)c2ccccc12. The van der Waals surface area contributed by atoms with Gasteiger partial charge in [0, 0.05) is 23.6 Å². The van der Waals surface area contributed by atoms with Gasteiger partial charge >= 0.3 is 5.97 Å². The first-order valence-corrected chi connectivity index (χ1v) is 14.9. The molecule has 0 unspecified atom stereocenters. The van der Waals surface area contributed by atoms with Gasteiger partial charge in [-0.15, -0.1) is 0 Å². The third-order valence-electron chi connectivity index (χ3n) is 6.73. The summed E-state index contributed by atoms with van der Waals surface area (Å²) in [6, 6.07) is 14.9. The monoisotopic (exact) mass is 465 g/mol. The van der Waals surface area contributed by atoms with Gasteiger partial charge in [0.1, 0.15) is 5.75 Å². The van der Waals surface area contributed by atoms with Gasteiger partial charge in [0.15, 0.2) is 0 Å². The molecule has 0 saturated carbocycles. The fourth-order valence-electron chi connectivity index (χ4n) is 3.83. The van der Waals surface area contributed by atoms with Gasteiger partial charge < -0.3 is 13.7 Å². The molecule has 1 aromatic heterocycles. The van der Waals surface area contributed by atoms with E-state index in [9.17, 15) is 4.79 Å². The smallest absolute Gasteiger partial charge is 0.310 e. The number of carbonyl (C=O) groups is 1. The van der Waals surface area contributed by atoms with Crippen LogP contribution >= 0.6 is 0 Å². The van der Waals surface area contributed by atoms with E-state index in [-0.39, 0.29) is 17.4 Å². The summed E-state index contributed by atoms with van der Waals surface area (Å²) in [7, 11) is -1.92. The lowest BCUT2D eigenvalue weighted by Crippen LogP contribution is -2.44. The topological polar surface area (TPSA) is 40.5 Å². The van der Waals surface area contributed by atoms with Crippen LogP contribution in [0.5, 0.6) is 5.75 Å². The standard InChI is InChI=1S/C28H39NO3Si/c1-9-31-27(30)17-22-19-29(25-13-11-10-12-23(22)25)18-21-14-15-26(24(16-21)20(2)3)32-33(7,8)28(4,5)6/h10-16,19-20H,9,17-18H2,1-8H3. The van der Waals surface area contributed by atoms with Crippen molar-refractivity contribution in [3.05, 3.63) is 65.4 Å². The van der Waals surface area contributed by atoms with Crippen LogP contribution in [-0.4, -0.2) is 25.5 Å². The number of rotatable bonds is 8. The van der Waals surface area contributed by atoms with Gasteiger partial charge in [0.05, 0.1) is 13.0 Å². The Morgan fingerprint density at radius 2 is 1.79 bits per heavy atom. The number of nitrogens with zero attached hydrogens (tertiary/aromatic N) is 1. The van der Waals surface area contributed by atoms with E-state index in [0.717, 1.165) is 28.8 Å². The number of hydrogen-bond donors (Lipinski definition) is 0. The van der Waals surface area contributed by atoms with Gasteiger partial charge in [-0.1, -0.05) is 65.0 Å². The molecule has 4 nitrogen and oxygen atoms in total. The summed E-state index contributed by atoms with van der Waals surface area (Å²) in [4.78, 5) is 12.1. The Morgan fingerprint density at radius 3 is 2.42 bits per heavy atom. The first-order valence-electron chi connectivity index (χ1n) is 12.0. The molecule has 0 amide bonds. The first-order chi connectivity index (χ1) is 15.4. The molecule has 178 valence electrons. The minimum Gasteiger partial charge on any atom is -0.543 e. The van der Waals surface area contributed by atoms with Crippen LogP contribution in [-0.2, 0) is 22.5 Å². The molecule has 2 aromatic carbocycles. The summed E-state index contributed by atoms with van der Waals surface area (Å²) in [5, 5.41) is 1.26. The highest BCUT2D eigenvalue weighted by atomic mass is 28.4. The van der Waals surface area contributed by atoms with Crippen LogP contribution in [0.4, 0.5) is 0 Å². The van der Waals surface area contributed by atoms with E-state index in [2.05, 4.69) is 88.8 Å². The molecule has 0 saturated heterocycles. The predicted molar refractivity (Wildman–Crippen MR) is 140 cm³/mol. The predicted octanol–water partition coefficient (Wildman–Crippen LogP) is 7.30. The van der Waals surface area contributed by atoms with Crippen molar-refractivity contribution < 1.29 is 14.0 Å². The minimum atomic E-state index is -1.92. The molecule has 3 aromatic rings. The number of hydrogen-bond acceptors (Lipinski definition) is 3. The molecule has 1 heterocycles. The highest BCUT2D eigenvalue weighted by Gasteiger charge is 2.39. The van der Waals surface area contributed by atoms with Crippen LogP contribution in [0.25, 0.3) is 10.9 Å². The van der Waals surface area contributed by atoms with Crippen molar-refractivity contribution in [3.8, 4) is 5.75 Å². The molecule has 3 rings (SSSR count). The van der Waals surface area contributed by atoms with E-state index >= 15 is 0 Å². The average molecular weight is 466 g/mol. The average Bonchev–Trinajstić information content (AvgIpc) is 3.05. The lowest BCUT2D eigenvalue weighted by molar-refractivity contribution is -0.142. The van der Waals surface area contributed by atoms with Gasteiger partial charge in [0.25, 0.3) is 0 Å². The third-order valence-corrected chi connectivity index (χ3v) is 11.1. The second-order valence-electron chi connectivity index (χ2n) is 10.7. The molecular weight excluding hydrogens is 426 g/mol. The van der Waals surface area contributed by atoms with Gasteiger partial charge in [-0.3, -0.25) is 4.79 Å². The molecule has 0 fully saturated rings. The molecule has 0 aliphatic carbocycles. The zero-order chi connectivity index (χ0) is 24.4. The maximum Gasteiger partial charge on any atom is 0.310 e. The van der Waals surface area contributed by atoms with Crippen molar-refractivity contribution in [1.82, 2.24) is 4.57 Å². The van der Waals surface area contributed by atoms with Crippen molar-refractivity contribution in [2.45, 2.75) is 78.6 Å². The Hall–Kier alpha value is -2.53. The van der Waals surface area contributed by atoms with Crippen molar-refractivity contribution in [1.29, 1.82) is 0 Å². The Labute approximate surface area is 200 Å². The molecule has 0 radical (unpaired) electrons. The number of fused-ring (bicyclic) bond motifs is 1. The third kappa shape index (κ3) is 5.70. The largest absolute Gasteiger partial charge is 0.543 e. The van der Waals surface area contributed by atoms with Crippen molar-refractivity contribution in [3.63, 3.8) is 0 Å². The first kappa shape index (κ1) is 25.1. The van der Waals surface area contributed by atoms with Crippen LogP contribution in [0.2, 0.25) is 18.1 Å². The molecule has 0 atom stereocenters. The van der Waals surface area contributed by atoms with Crippen LogP contribution in [0.15, 0.2) is 48.7 Å². The van der Waals surface area contributed by atoms with E-state index < -0.39 is 8.32 Å². The Morgan fingerprint density at radius 1 is 1.09 bits per heavy atom. The van der Waals surface area contributed by atoms with Crippen LogP contribution in [0.3, 0.4) is 0 Å². The quantitative estimate of drug-likeness (QED) is 0.259. The number of ether oxygens (including phenoxy) is 1. The van der Waals surface area contributed by atoms with E-state index in [0.29, 0.717) is 12.5 Å². The molecule has 0 spiro atoms. The zero-order valence-electron chi connectivity index (χ0n) is 21.5. The van der Waals surface area contributed by atoms with E-state index in [1.807, 2.05) is 19.1 Å². The molecular formula is C28H39NO3Si. The number of carbonyl (C=O) groups excluding carboxylic acids is 1. The van der Waals surface area contributed by atoms with Gasteiger partial charge in [-0.2, -0.15) is 0 Å². The van der Waals surface area contributed by atoms with Gasteiger partial charge in [0.2, 0.25) is 8.32 Å². The highest BCUT2D eigenvalue weighted by molar-refractivity contribution is 6.74. The highest BCUT2D eigenvalue weighted by Crippen LogP contribution is 2.39. The Bertz CT molecular complexity index is 1120. The Balaban J connectivity index is 1.94. The normalized spacial score (nSPS) is 12.4. The summed E-state index contributed by atoms with van der Waals surface area (Å²) in [5.74, 6) is 1.20. The summed E-state index contributed by atoms with van der Waals surface area (Å²) in [6.45, 7) is 18.8. The van der Waals surface area contributed by atoms with E-state index in [1.54, 1.807) is 0 Å². The molecule has 0 aliphatic rings. The number of para-hydroxylation sites is 1. The number of aromatic nitrogens is 1. The van der Waals surface area contributed by atoms with Crippen molar-refractivity contribution in [2.75, 3.05) is 6.61 Å². The maximum atomic E-state index is 12.1. The van der Waals surface area contributed by atoms with Gasteiger partial charge in [-0.05, 0) is 59.8 Å². The lowest BCUT2D eigenvalue weighted by Gasteiger charge is -2.37. The molecule has 0 bridgehead atoms. The maximum absolute atomic E-state index is 12.1. The number of esters is 1. The van der Waals surface area contributed by atoms with Crippen molar-refractivity contribution >= 4 is 25.2 Å². The lowest BCUT2D eigenvalue weighted by atomic mass is 9.99. The van der Waals surface area contributed by atoms with E-state index in [4.69, 9.17) is 9.16 Å². The second kappa shape index (κ2) is 9.76. The summed E-state index contributed by atoms with van der Waals surface area (Å²) in [5.41, 5.74) is 4.61. The zero-order valence-corrected chi connectivity index (χ0v) is 22.5.